The molecule has 0 aliphatic heterocycles. The Morgan fingerprint density at radius 1 is 1.38 bits per heavy atom. The van der Waals surface area contributed by atoms with Gasteiger partial charge in [-0.05, 0) is 49.8 Å². The van der Waals surface area contributed by atoms with E-state index in [1.807, 2.05) is 19.9 Å². The third kappa shape index (κ3) is 2.19. The molecule has 0 spiro atoms. The quantitative estimate of drug-likeness (QED) is 0.774. The van der Waals surface area contributed by atoms with E-state index in [-0.39, 0.29) is 0 Å². The molecule has 0 aromatic heterocycles. The molecule has 1 aliphatic rings. The lowest BCUT2D eigenvalue weighted by Crippen LogP contribution is -2.19. The van der Waals surface area contributed by atoms with Gasteiger partial charge in [-0.2, -0.15) is 5.26 Å². The fraction of sp³-hybridized carbons (Fsp3) is 0.500. The van der Waals surface area contributed by atoms with Crippen LogP contribution in [0.1, 0.15) is 36.0 Å². The molecule has 0 heterocycles. The summed E-state index contributed by atoms with van der Waals surface area (Å²) < 4.78 is 5.80. The van der Waals surface area contributed by atoms with Crippen molar-refractivity contribution in [2.45, 2.75) is 33.1 Å². The Morgan fingerprint density at radius 2 is 2.12 bits per heavy atom. The van der Waals surface area contributed by atoms with E-state index in [1.165, 1.54) is 19.3 Å². The first-order valence-electron chi connectivity index (χ1n) is 5.85. The second kappa shape index (κ2) is 4.57. The van der Waals surface area contributed by atoms with Gasteiger partial charge in [0.2, 0.25) is 0 Å². The number of hydrogen-bond donors (Lipinski definition) is 0. The minimum atomic E-state index is 0.664. The second-order valence-corrected chi connectivity index (χ2v) is 4.68. The number of nitriles is 1. The van der Waals surface area contributed by atoms with Gasteiger partial charge in [0, 0.05) is 0 Å². The largest absolute Gasteiger partial charge is 0.492 e. The van der Waals surface area contributed by atoms with Gasteiger partial charge in [0.15, 0.2) is 0 Å². The Kier molecular flexibility index (Phi) is 3.14. The maximum absolute atomic E-state index is 9.07. The number of nitrogens with zero attached hydrogens (tertiary/aromatic N) is 1. The van der Waals surface area contributed by atoms with Gasteiger partial charge in [-0.3, -0.25) is 0 Å². The van der Waals surface area contributed by atoms with E-state index in [1.54, 1.807) is 0 Å². The fourth-order valence-corrected chi connectivity index (χ4v) is 2.09. The van der Waals surface area contributed by atoms with Crippen LogP contribution in [0.3, 0.4) is 0 Å². The highest BCUT2D eigenvalue weighted by molar-refractivity contribution is 5.50. The molecule has 2 heteroatoms. The van der Waals surface area contributed by atoms with Crippen molar-refractivity contribution < 1.29 is 4.74 Å². The predicted octanol–water partition coefficient (Wildman–Crippen LogP) is 3.35. The van der Waals surface area contributed by atoms with Crippen LogP contribution in [-0.2, 0) is 0 Å². The van der Waals surface area contributed by atoms with Crippen LogP contribution in [0.2, 0.25) is 0 Å². The molecule has 0 N–H and O–H groups in total. The lowest BCUT2D eigenvalue weighted by Gasteiger charge is -2.25. The average Bonchev–Trinajstić information content (AvgIpc) is 2.17. The zero-order valence-corrected chi connectivity index (χ0v) is 9.92. The number of hydrogen-bond acceptors (Lipinski definition) is 2. The first-order chi connectivity index (χ1) is 7.70. The lowest BCUT2D eigenvalue weighted by atomic mass is 9.86. The van der Waals surface area contributed by atoms with E-state index in [2.05, 4.69) is 12.1 Å². The van der Waals surface area contributed by atoms with Gasteiger partial charge in [-0.25, -0.2) is 0 Å². The molecule has 0 saturated heterocycles. The standard InChI is InChI=1S/C14H17NO/c1-10-6-11(2)14(13(7-10)8-15)16-9-12-4-3-5-12/h6-7,12H,3-5,9H2,1-2H3. The average molecular weight is 215 g/mol. The van der Waals surface area contributed by atoms with Gasteiger partial charge >= 0.3 is 0 Å². The van der Waals surface area contributed by atoms with E-state index < -0.39 is 0 Å². The van der Waals surface area contributed by atoms with Crippen molar-refractivity contribution in [1.82, 2.24) is 0 Å². The Balaban J connectivity index is 2.15. The van der Waals surface area contributed by atoms with E-state index in [9.17, 15) is 0 Å². The molecule has 16 heavy (non-hydrogen) atoms. The van der Waals surface area contributed by atoms with Crippen molar-refractivity contribution in [3.63, 3.8) is 0 Å². The number of rotatable bonds is 3. The molecule has 84 valence electrons. The maximum atomic E-state index is 9.07. The molecular weight excluding hydrogens is 198 g/mol. The summed E-state index contributed by atoms with van der Waals surface area (Å²) in [4.78, 5) is 0. The molecule has 0 amide bonds. The molecule has 0 atom stereocenters. The molecular formula is C14H17NO. The summed E-state index contributed by atoms with van der Waals surface area (Å²) in [5.41, 5.74) is 2.85. The Labute approximate surface area is 96.9 Å². The summed E-state index contributed by atoms with van der Waals surface area (Å²) in [6, 6.07) is 6.17. The molecule has 1 aromatic carbocycles. The van der Waals surface area contributed by atoms with Crippen molar-refractivity contribution in [3.8, 4) is 11.8 Å². The Morgan fingerprint density at radius 3 is 2.69 bits per heavy atom. The van der Waals surface area contributed by atoms with Crippen LogP contribution in [0.4, 0.5) is 0 Å². The summed E-state index contributed by atoms with van der Waals surface area (Å²) in [6.07, 6.45) is 3.87. The summed E-state index contributed by atoms with van der Waals surface area (Å²) in [7, 11) is 0. The monoisotopic (exact) mass is 215 g/mol. The third-order valence-electron chi connectivity index (χ3n) is 3.23. The molecule has 1 saturated carbocycles. The molecule has 0 bridgehead atoms. The van der Waals surface area contributed by atoms with Crippen molar-refractivity contribution in [2.75, 3.05) is 6.61 Å². The van der Waals surface area contributed by atoms with Gasteiger partial charge in [0.25, 0.3) is 0 Å². The van der Waals surface area contributed by atoms with Crippen LogP contribution >= 0.6 is 0 Å². The van der Waals surface area contributed by atoms with Crippen LogP contribution in [0.5, 0.6) is 5.75 Å². The van der Waals surface area contributed by atoms with E-state index in [0.29, 0.717) is 11.5 Å². The number of aryl methyl sites for hydroxylation is 2. The molecule has 2 nitrogen and oxygen atoms in total. The third-order valence-corrected chi connectivity index (χ3v) is 3.23. The second-order valence-electron chi connectivity index (χ2n) is 4.68. The fourth-order valence-electron chi connectivity index (χ4n) is 2.09. The van der Waals surface area contributed by atoms with Crippen LogP contribution in [0.15, 0.2) is 12.1 Å². The zero-order valence-electron chi connectivity index (χ0n) is 9.92. The van der Waals surface area contributed by atoms with Gasteiger partial charge in [-0.1, -0.05) is 12.5 Å². The first kappa shape index (κ1) is 11.0. The topological polar surface area (TPSA) is 33.0 Å². The molecule has 2 rings (SSSR count). The smallest absolute Gasteiger partial charge is 0.139 e. The van der Waals surface area contributed by atoms with Gasteiger partial charge in [0.1, 0.15) is 11.8 Å². The van der Waals surface area contributed by atoms with Gasteiger partial charge in [-0.15, -0.1) is 0 Å². The van der Waals surface area contributed by atoms with Crippen molar-refractivity contribution >= 4 is 0 Å². The lowest BCUT2D eigenvalue weighted by molar-refractivity contribution is 0.179. The minimum Gasteiger partial charge on any atom is -0.492 e. The maximum Gasteiger partial charge on any atom is 0.139 e. The van der Waals surface area contributed by atoms with Gasteiger partial charge < -0.3 is 4.74 Å². The Hall–Kier alpha value is -1.49. The molecule has 0 unspecified atom stereocenters. The summed E-state index contributed by atoms with van der Waals surface area (Å²) in [5, 5.41) is 9.07. The SMILES string of the molecule is Cc1cc(C)c(OCC2CCC2)c(C#N)c1. The van der Waals surface area contributed by atoms with Gasteiger partial charge in [0.05, 0.1) is 12.2 Å². The van der Waals surface area contributed by atoms with Crippen molar-refractivity contribution in [2.24, 2.45) is 5.92 Å². The van der Waals surface area contributed by atoms with Crippen LogP contribution in [0.25, 0.3) is 0 Å². The van der Waals surface area contributed by atoms with Crippen LogP contribution < -0.4 is 4.74 Å². The van der Waals surface area contributed by atoms with Crippen LogP contribution in [-0.4, -0.2) is 6.61 Å². The highest BCUT2D eigenvalue weighted by Crippen LogP contribution is 2.30. The highest BCUT2D eigenvalue weighted by atomic mass is 16.5. The minimum absolute atomic E-state index is 0.664. The molecule has 1 aliphatic carbocycles. The molecule has 1 fully saturated rings. The Bertz CT molecular complexity index is 427. The summed E-state index contributed by atoms with van der Waals surface area (Å²) in [5.74, 6) is 1.48. The highest BCUT2D eigenvalue weighted by Gasteiger charge is 2.19. The molecule has 1 aromatic rings. The normalized spacial score (nSPS) is 15.3. The first-order valence-corrected chi connectivity index (χ1v) is 5.85. The van der Waals surface area contributed by atoms with E-state index in [4.69, 9.17) is 10.00 Å². The predicted molar refractivity (Wildman–Crippen MR) is 63.5 cm³/mol. The van der Waals surface area contributed by atoms with E-state index in [0.717, 1.165) is 23.5 Å². The number of ether oxygens (including phenoxy) is 1. The summed E-state index contributed by atoms with van der Waals surface area (Å²) >= 11 is 0. The summed E-state index contributed by atoms with van der Waals surface area (Å²) in [6.45, 7) is 4.77. The van der Waals surface area contributed by atoms with Crippen LogP contribution in [0, 0.1) is 31.1 Å². The zero-order chi connectivity index (χ0) is 11.5. The van der Waals surface area contributed by atoms with Crippen molar-refractivity contribution in [1.29, 1.82) is 5.26 Å². The molecule has 0 radical (unpaired) electrons. The number of benzene rings is 1. The van der Waals surface area contributed by atoms with E-state index >= 15 is 0 Å². The van der Waals surface area contributed by atoms with Crippen molar-refractivity contribution in [3.05, 3.63) is 28.8 Å².